The van der Waals surface area contributed by atoms with Crippen molar-refractivity contribution < 1.29 is 9.31 Å². The Morgan fingerprint density at radius 1 is 1.27 bits per heavy atom. The number of halogens is 1. The van der Waals surface area contributed by atoms with E-state index in [-0.39, 0.29) is 11.4 Å². The number of rotatable bonds is 2. The number of piperidine rings is 1. The van der Waals surface area contributed by atoms with Crippen LogP contribution in [0.25, 0.3) is 0 Å². The van der Waals surface area contributed by atoms with Crippen molar-refractivity contribution >= 4 is 11.5 Å². The first kappa shape index (κ1) is 17.5. The van der Waals surface area contributed by atoms with E-state index in [9.17, 15) is 14.5 Å². The monoisotopic (exact) mass is 352 g/mol. The minimum absolute atomic E-state index is 0.0146. The smallest absolute Gasteiger partial charge is 0.311 e. The van der Waals surface area contributed by atoms with Crippen LogP contribution in [0.5, 0.6) is 0 Å². The topological polar surface area (TPSA) is 72.2 Å². The van der Waals surface area contributed by atoms with Gasteiger partial charge in [-0.05, 0) is 49.5 Å². The first-order chi connectivity index (χ1) is 12.6. The second kappa shape index (κ2) is 7.74. The summed E-state index contributed by atoms with van der Waals surface area (Å²) in [4.78, 5) is 20.7. The SMILES string of the molecule is Cc1ccnc(C#CC=C2CCN(c3ncccc3[N+](=O)[O-])CC2)c1F. The van der Waals surface area contributed by atoms with Gasteiger partial charge in [0.15, 0.2) is 5.82 Å². The van der Waals surface area contributed by atoms with Gasteiger partial charge in [0.05, 0.1) is 4.92 Å². The Labute approximate surface area is 150 Å². The highest BCUT2D eigenvalue weighted by molar-refractivity contribution is 5.57. The number of aryl methyl sites for hydroxylation is 1. The molecule has 3 rings (SSSR count). The molecule has 7 heteroatoms. The number of allylic oxidation sites excluding steroid dienone is 1. The molecule has 2 aromatic rings. The Morgan fingerprint density at radius 3 is 2.77 bits per heavy atom. The van der Waals surface area contributed by atoms with Crippen molar-refractivity contribution in [2.45, 2.75) is 19.8 Å². The quantitative estimate of drug-likeness (QED) is 0.470. The van der Waals surface area contributed by atoms with Crippen LogP contribution in [0, 0.1) is 34.7 Å². The average Bonchev–Trinajstić information content (AvgIpc) is 2.66. The third-order valence-corrected chi connectivity index (χ3v) is 4.22. The Balaban J connectivity index is 1.68. The molecule has 0 aliphatic carbocycles. The van der Waals surface area contributed by atoms with Crippen LogP contribution in [0.2, 0.25) is 0 Å². The largest absolute Gasteiger partial charge is 0.350 e. The Kier molecular flexibility index (Phi) is 5.23. The second-order valence-electron chi connectivity index (χ2n) is 5.95. The van der Waals surface area contributed by atoms with Gasteiger partial charge >= 0.3 is 5.69 Å². The second-order valence-corrected chi connectivity index (χ2v) is 5.95. The lowest BCUT2D eigenvalue weighted by Gasteiger charge is -2.28. The molecule has 0 saturated carbocycles. The van der Waals surface area contributed by atoms with Crippen LogP contribution in [0.3, 0.4) is 0 Å². The van der Waals surface area contributed by atoms with Crippen LogP contribution >= 0.6 is 0 Å². The van der Waals surface area contributed by atoms with Gasteiger partial charge in [0, 0.05) is 31.5 Å². The van der Waals surface area contributed by atoms with Crippen molar-refractivity contribution in [2.24, 2.45) is 0 Å². The van der Waals surface area contributed by atoms with E-state index in [1.54, 1.807) is 31.3 Å². The molecule has 1 fully saturated rings. The van der Waals surface area contributed by atoms with Gasteiger partial charge in [0.25, 0.3) is 0 Å². The molecule has 2 aromatic heterocycles. The predicted octanol–water partition coefficient (Wildman–Crippen LogP) is 3.41. The van der Waals surface area contributed by atoms with E-state index in [0.717, 1.165) is 18.4 Å². The summed E-state index contributed by atoms with van der Waals surface area (Å²) in [6, 6.07) is 4.62. The fourth-order valence-corrected chi connectivity index (χ4v) is 2.76. The van der Waals surface area contributed by atoms with Crippen LogP contribution in [0.4, 0.5) is 15.9 Å². The molecule has 1 aliphatic rings. The Bertz CT molecular complexity index is 921. The molecule has 0 radical (unpaired) electrons. The summed E-state index contributed by atoms with van der Waals surface area (Å²) in [7, 11) is 0. The summed E-state index contributed by atoms with van der Waals surface area (Å²) in [5.74, 6) is 5.61. The highest BCUT2D eigenvalue weighted by Crippen LogP contribution is 2.28. The van der Waals surface area contributed by atoms with Gasteiger partial charge in [0.2, 0.25) is 5.82 Å². The van der Waals surface area contributed by atoms with Crippen molar-refractivity contribution in [1.29, 1.82) is 0 Å². The van der Waals surface area contributed by atoms with Crippen LogP contribution < -0.4 is 4.90 Å². The summed E-state index contributed by atoms with van der Waals surface area (Å²) in [5.41, 5.74) is 1.80. The van der Waals surface area contributed by atoms with Crippen LogP contribution in [0.1, 0.15) is 24.1 Å². The molecule has 6 nitrogen and oxygen atoms in total. The number of nitrogens with zero attached hydrogens (tertiary/aromatic N) is 4. The molecular formula is C19H17FN4O2. The number of pyridine rings is 2. The van der Waals surface area contributed by atoms with Gasteiger partial charge in [-0.15, -0.1) is 0 Å². The molecule has 1 aliphatic heterocycles. The number of nitro groups is 1. The normalized spacial score (nSPS) is 13.8. The molecule has 0 N–H and O–H groups in total. The summed E-state index contributed by atoms with van der Waals surface area (Å²) in [6.45, 7) is 2.93. The fourth-order valence-electron chi connectivity index (χ4n) is 2.76. The van der Waals surface area contributed by atoms with Crippen molar-refractivity contribution in [1.82, 2.24) is 9.97 Å². The van der Waals surface area contributed by atoms with E-state index < -0.39 is 10.7 Å². The molecule has 26 heavy (non-hydrogen) atoms. The molecule has 132 valence electrons. The fraction of sp³-hybridized carbons (Fsp3) is 0.263. The van der Waals surface area contributed by atoms with Gasteiger partial charge in [-0.1, -0.05) is 11.5 Å². The highest BCUT2D eigenvalue weighted by Gasteiger charge is 2.23. The highest BCUT2D eigenvalue weighted by atomic mass is 19.1. The lowest BCUT2D eigenvalue weighted by molar-refractivity contribution is -0.384. The maximum Gasteiger partial charge on any atom is 0.311 e. The number of anilines is 1. The molecule has 0 bridgehead atoms. The molecule has 0 amide bonds. The van der Waals surface area contributed by atoms with Crippen molar-refractivity contribution in [3.05, 3.63) is 69.4 Å². The molecule has 0 atom stereocenters. The zero-order chi connectivity index (χ0) is 18.5. The van der Waals surface area contributed by atoms with Crippen LogP contribution in [-0.4, -0.2) is 28.0 Å². The minimum atomic E-state index is -0.414. The van der Waals surface area contributed by atoms with Crippen molar-refractivity contribution in [2.75, 3.05) is 18.0 Å². The number of hydrogen-bond acceptors (Lipinski definition) is 5. The molecular weight excluding hydrogens is 335 g/mol. The third-order valence-electron chi connectivity index (χ3n) is 4.22. The van der Waals surface area contributed by atoms with E-state index in [2.05, 4.69) is 21.8 Å². The first-order valence-electron chi connectivity index (χ1n) is 8.21. The summed E-state index contributed by atoms with van der Waals surface area (Å²) in [5, 5.41) is 11.1. The van der Waals surface area contributed by atoms with Crippen molar-refractivity contribution in [3.8, 4) is 11.8 Å². The standard InChI is InChI=1S/C19H17FN4O2/c1-14-7-11-21-16(18(14)20)5-2-4-15-8-12-23(13-9-15)19-17(24(25)26)6-3-10-22-19/h3-4,6-7,10-11H,8-9,12-13H2,1H3. The maximum atomic E-state index is 13.9. The summed E-state index contributed by atoms with van der Waals surface area (Å²) in [6.07, 6.45) is 6.34. The third kappa shape index (κ3) is 3.86. The molecule has 0 unspecified atom stereocenters. The molecule has 0 aromatic carbocycles. The molecule has 0 spiro atoms. The van der Waals surface area contributed by atoms with Gasteiger partial charge in [-0.2, -0.15) is 0 Å². The van der Waals surface area contributed by atoms with Gasteiger partial charge < -0.3 is 4.90 Å². The van der Waals surface area contributed by atoms with Crippen molar-refractivity contribution in [3.63, 3.8) is 0 Å². The van der Waals surface area contributed by atoms with Gasteiger partial charge in [-0.3, -0.25) is 10.1 Å². The van der Waals surface area contributed by atoms with Crippen LogP contribution in [-0.2, 0) is 0 Å². The number of hydrogen-bond donors (Lipinski definition) is 0. The lowest BCUT2D eigenvalue weighted by Crippen LogP contribution is -2.31. The Hall–Kier alpha value is -3.27. The van der Waals surface area contributed by atoms with Gasteiger partial charge in [-0.25, -0.2) is 14.4 Å². The Morgan fingerprint density at radius 2 is 2.04 bits per heavy atom. The molecule has 1 saturated heterocycles. The first-order valence-corrected chi connectivity index (χ1v) is 8.21. The summed E-state index contributed by atoms with van der Waals surface area (Å²) < 4.78 is 13.9. The predicted molar refractivity (Wildman–Crippen MR) is 96.2 cm³/mol. The maximum absolute atomic E-state index is 13.9. The minimum Gasteiger partial charge on any atom is -0.350 e. The van der Waals surface area contributed by atoms with E-state index in [1.807, 2.05) is 4.90 Å². The lowest BCUT2D eigenvalue weighted by atomic mass is 10.0. The molecule has 3 heterocycles. The van der Waals surface area contributed by atoms with E-state index in [0.29, 0.717) is 24.5 Å². The zero-order valence-corrected chi connectivity index (χ0v) is 14.3. The van der Waals surface area contributed by atoms with E-state index >= 15 is 0 Å². The average molecular weight is 352 g/mol. The summed E-state index contributed by atoms with van der Waals surface area (Å²) >= 11 is 0. The van der Waals surface area contributed by atoms with E-state index in [1.165, 1.54) is 12.3 Å². The van der Waals surface area contributed by atoms with E-state index in [4.69, 9.17) is 0 Å². The zero-order valence-electron chi connectivity index (χ0n) is 14.3. The number of aromatic nitrogens is 2. The van der Waals surface area contributed by atoms with Crippen LogP contribution in [0.15, 0.2) is 42.2 Å². The van der Waals surface area contributed by atoms with Gasteiger partial charge in [0.1, 0.15) is 5.69 Å².